The number of benzene rings is 1. The normalized spacial score (nSPS) is 14.9. The molecule has 0 fully saturated rings. The van der Waals surface area contributed by atoms with Crippen LogP contribution in [0.4, 0.5) is 5.13 Å². The second-order valence-electron chi connectivity index (χ2n) is 5.15. The van der Waals surface area contributed by atoms with Crippen LogP contribution >= 0.6 is 11.3 Å². The molecule has 2 aromatic rings. The minimum absolute atomic E-state index is 0.933. The SMILES string of the molecule is CCNCc1cnc(N2CCc3ccccc3CC2)s1. The van der Waals surface area contributed by atoms with Gasteiger partial charge in [-0.25, -0.2) is 4.98 Å². The summed E-state index contributed by atoms with van der Waals surface area (Å²) in [4.78, 5) is 8.36. The fourth-order valence-corrected chi connectivity index (χ4v) is 3.56. The van der Waals surface area contributed by atoms with Crippen molar-refractivity contribution in [1.82, 2.24) is 10.3 Å². The van der Waals surface area contributed by atoms with E-state index in [9.17, 15) is 0 Å². The van der Waals surface area contributed by atoms with Gasteiger partial charge in [0.2, 0.25) is 0 Å². The number of rotatable bonds is 4. The van der Waals surface area contributed by atoms with Crippen LogP contribution in [0.1, 0.15) is 22.9 Å². The fraction of sp³-hybridized carbons (Fsp3) is 0.438. The van der Waals surface area contributed by atoms with E-state index < -0.39 is 0 Å². The maximum atomic E-state index is 4.60. The van der Waals surface area contributed by atoms with E-state index in [2.05, 4.69) is 46.4 Å². The monoisotopic (exact) mass is 287 g/mol. The molecular weight excluding hydrogens is 266 g/mol. The van der Waals surface area contributed by atoms with E-state index in [4.69, 9.17) is 0 Å². The second kappa shape index (κ2) is 6.37. The van der Waals surface area contributed by atoms with E-state index in [1.165, 1.54) is 21.1 Å². The first-order valence-corrected chi connectivity index (χ1v) is 8.15. The summed E-state index contributed by atoms with van der Waals surface area (Å²) in [5.41, 5.74) is 3.00. The molecule has 0 saturated heterocycles. The number of thiazole rings is 1. The first-order valence-electron chi connectivity index (χ1n) is 7.34. The molecular formula is C16H21N3S. The number of fused-ring (bicyclic) bond motifs is 1. The lowest BCUT2D eigenvalue weighted by atomic mass is 10.0. The van der Waals surface area contributed by atoms with Gasteiger partial charge in [0.15, 0.2) is 5.13 Å². The summed E-state index contributed by atoms with van der Waals surface area (Å²) in [5.74, 6) is 0. The Morgan fingerprint density at radius 1 is 1.20 bits per heavy atom. The molecule has 1 aromatic heterocycles. The Morgan fingerprint density at radius 3 is 2.55 bits per heavy atom. The Morgan fingerprint density at radius 2 is 1.90 bits per heavy atom. The highest BCUT2D eigenvalue weighted by molar-refractivity contribution is 7.15. The van der Waals surface area contributed by atoms with Gasteiger partial charge in [0.25, 0.3) is 0 Å². The number of anilines is 1. The molecule has 106 valence electrons. The molecule has 0 radical (unpaired) electrons. The van der Waals surface area contributed by atoms with Crippen molar-refractivity contribution in [1.29, 1.82) is 0 Å². The number of hydrogen-bond acceptors (Lipinski definition) is 4. The average Bonchev–Trinajstić information content (AvgIpc) is 2.84. The van der Waals surface area contributed by atoms with Gasteiger partial charge in [-0.1, -0.05) is 31.2 Å². The lowest BCUT2D eigenvalue weighted by Crippen LogP contribution is -2.25. The first-order chi connectivity index (χ1) is 9.86. The van der Waals surface area contributed by atoms with Gasteiger partial charge in [-0.15, -0.1) is 11.3 Å². The van der Waals surface area contributed by atoms with Gasteiger partial charge < -0.3 is 10.2 Å². The second-order valence-corrected chi connectivity index (χ2v) is 6.24. The molecule has 2 heterocycles. The zero-order chi connectivity index (χ0) is 13.8. The number of nitrogens with one attached hydrogen (secondary N) is 1. The van der Waals surface area contributed by atoms with Crippen molar-refractivity contribution in [2.24, 2.45) is 0 Å². The van der Waals surface area contributed by atoms with Gasteiger partial charge in [0.05, 0.1) is 0 Å². The molecule has 3 nitrogen and oxygen atoms in total. The van der Waals surface area contributed by atoms with Crippen LogP contribution in [0.25, 0.3) is 0 Å². The lowest BCUT2D eigenvalue weighted by Gasteiger charge is -2.18. The van der Waals surface area contributed by atoms with E-state index in [0.717, 1.165) is 39.0 Å². The Labute approximate surface area is 124 Å². The summed E-state index contributed by atoms with van der Waals surface area (Å²) in [6.07, 6.45) is 4.26. The van der Waals surface area contributed by atoms with Crippen LogP contribution in [-0.2, 0) is 19.4 Å². The summed E-state index contributed by atoms with van der Waals surface area (Å²) >= 11 is 1.82. The molecule has 0 aliphatic carbocycles. The Hall–Kier alpha value is -1.39. The van der Waals surface area contributed by atoms with E-state index in [1.54, 1.807) is 0 Å². The predicted molar refractivity (Wildman–Crippen MR) is 85.6 cm³/mol. The van der Waals surface area contributed by atoms with Crippen LogP contribution in [0, 0.1) is 0 Å². The van der Waals surface area contributed by atoms with Gasteiger partial charge in [0.1, 0.15) is 0 Å². The third kappa shape index (κ3) is 3.02. The number of aromatic nitrogens is 1. The molecule has 0 atom stereocenters. The maximum Gasteiger partial charge on any atom is 0.185 e. The molecule has 0 unspecified atom stereocenters. The van der Waals surface area contributed by atoms with Gasteiger partial charge >= 0.3 is 0 Å². The van der Waals surface area contributed by atoms with Crippen molar-refractivity contribution in [3.63, 3.8) is 0 Å². The van der Waals surface area contributed by atoms with Crippen LogP contribution in [0.3, 0.4) is 0 Å². The molecule has 0 bridgehead atoms. The van der Waals surface area contributed by atoms with Crippen LogP contribution in [0.5, 0.6) is 0 Å². The highest BCUT2D eigenvalue weighted by Crippen LogP contribution is 2.25. The molecule has 0 saturated carbocycles. The lowest BCUT2D eigenvalue weighted by molar-refractivity contribution is 0.734. The summed E-state index contributed by atoms with van der Waals surface area (Å²) in [7, 11) is 0. The van der Waals surface area contributed by atoms with E-state index >= 15 is 0 Å². The minimum atomic E-state index is 0.933. The zero-order valence-electron chi connectivity index (χ0n) is 11.9. The maximum absolute atomic E-state index is 4.60. The molecule has 1 aromatic carbocycles. The zero-order valence-corrected chi connectivity index (χ0v) is 12.7. The van der Waals surface area contributed by atoms with Crippen LogP contribution < -0.4 is 10.2 Å². The molecule has 3 rings (SSSR count). The van der Waals surface area contributed by atoms with Gasteiger partial charge in [-0.3, -0.25) is 0 Å². The van der Waals surface area contributed by atoms with E-state index in [-0.39, 0.29) is 0 Å². The number of nitrogens with zero attached hydrogens (tertiary/aromatic N) is 2. The van der Waals surface area contributed by atoms with Gasteiger partial charge in [0, 0.05) is 30.7 Å². The van der Waals surface area contributed by atoms with Gasteiger partial charge in [-0.2, -0.15) is 0 Å². The standard InChI is InChI=1S/C16H21N3S/c1-2-17-11-15-12-18-16(20-15)19-9-7-13-5-3-4-6-14(13)8-10-19/h3-6,12,17H,2,7-11H2,1H3. The van der Waals surface area contributed by atoms with Crippen molar-refractivity contribution in [3.8, 4) is 0 Å². The smallest absolute Gasteiger partial charge is 0.185 e. The number of hydrogen-bond donors (Lipinski definition) is 1. The molecule has 1 aliphatic heterocycles. The van der Waals surface area contributed by atoms with Crippen LogP contribution in [0.15, 0.2) is 30.5 Å². The largest absolute Gasteiger partial charge is 0.347 e. The van der Waals surface area contributed by atoms with Gasteiger partial charge in [-0.05, 0) is 30.5 Å². The Kier molecular flexibility index (Phi) is 4.33. The average molecular weight is 287 g/mol. The first kappa shape index (κ1) is 13.6. The molecule has 0 amide bonds. The molecule has 0 spiro atoms. The van der Waals surface area contributed by atoms with E-state index in [0.29, 0.717) is 0 Å². The molecule has 1 N–H and O–H groups in total. The van der Waals surface area contributed by atoms with Crippen molar-refractivity contribution in [3.05, 3.63) is 46.5 Å². The third-order valence-electron chi connectivity index (χ3n) is 3.78. The van der Waals surface area contributed by atoms with Crippen molar-refractivity contribution >= 4 is 16.5 Å². The summed E-state index contributed by atoms with van der Waals surface area (Å²) in [5, 5.41) is 4.53. The molecule has 1 aliphatic rings. The van der Waals surface area contributed by atoms with Crippen molar-refractivity contribution in [2.45, 2.75) is 26.3 Å². The highest BCUT2D eigenvalue weighted by atomic mass is 32.1. The third-order valence-corrected chi connectivity index (χ3v) is 4.84. The molecule has 20 heavy (non-hydrogen) atoms. The van der Waals surface area contributed by atoms with Crippen molar-refractivity contribution < 1.29 is 0 Å². The summed E-state index contributed by atoms with van der Waals surface area (Å²) < 4.78 is 0. The molecule has 4 heteroatoms. The topological polar surface area (TPSA) is 28.2 Å². The van der Waals surface area contributed by atoms with E-state index in [1.807, 2.05) is 17.5 Å². The Bertz CT molecular complexity index is 537. The fourth-order valence-electron chi connectivity index (χ4n) is 2.63. The predicted octanol–water partition coefficient (Wildman–Crippen LogP) is 2.86. The van der Waals surface area contributed by atoms with Crippen LogP contribution in [0.2, 0.25) is 0 Å². The summed E-state index contributed by atoms with van der Waals surface area (Å²) in [6.45, 7) is 6.22. The van der Waals surface area contributed by atoms with Crippen LogP contribution in [-0.4, -0.2) is 24.6 Å². The summed E-state index contributed by atoms with van der Waals surface area (Å²) in [6, 6.07) is 8.81. The Balaban J connectivity index is 1.68. The quantitative estimate of drug-likeness (QED) is 0.937. The minimum Gasteiger partial charge on any atom is -0.347 e. The van der Waals surface area contributed by atoms with Crippen molar-refractivity contribution in [2.75, 3.05) is 24.5 Å². The highest BCUT2D eigenvalue weighted by Gasteiger charge is 2.16.